The summed E-state index contributed by atoms with van der Waals surface area (Å²) in [6, 6.07) is 4.59. The first-order chi connectivity index (χ1) is 10.6. The molecular formula is C21H23ClZr. The Morgan fingerprint density at radius 2 is 1.39 bits per heavy atom. The number of rotatable bonds is 4. The molecule has 0 aromatic heterocycles. The molecule has 0 fully saturated rings. The van der Waals surface area contributed by atoms with E-state index < -0.39 is 21.8 Å². The summed E-state index contributed by atoms with van der Waals surface area (Å²) in [7, 11) is 0. The van der Waals surface area contributed by atoms with Gasteiger partial charge in [-0.2, -0.15) is 0 Å². The van der Waals surface area contributed by atoms with Crippen molar-refractivity contribution in [2.75, 3.05) is 0 Å². The van der Waals surface area contributed by atoms with Crippen molar-refractivity contribution >= 4 is 6.08 Å². The fourth-order valence-corrected chi connectivity index (χ4v) is 9.24. The average Bonchev–Trinajstić information content (AvgIpc) is 3.15. The van der Waals surface area contributed by atoms with Crippen LogP contribution in [0.15, 0.2) is 58.9 Å². The molecule has 0 heterocycles. The summed E-state index contributed by atoms with van der Waals surface area (Å²) >= 11 is -1.80. The van der Waals surface area contributed by atoms with Crippen LogP contribution in [-0.4, -0.2) is 0 Å². The normalized spacial score (nSPS) is 15.8. The number of benzene rings is 1. The molecule has 0 aliphatic heterocycles. The van der Waals surface area contributed by atoms with Gasteiger partial charge in [-0.3, -0.25) is 0 Å². The van der Waals surface area contributed by atoms with E-state index in [1.165, 1.54) is 35.1 Å². The molecule has 2 aliphatic rings. The van der Waals surface area contributed by atoms with Crippen LogP contribution in [0.1, 0.15) is 35.1 Å². The van der Waals surface area contributed by atoms with Gasteiger partial charge in [0, 0.05) is 0 Å². The molecule has 0 saturated carbocycles. The average molecular weight is 402 g/mol. The molecule has 0 N–H and O–H groups in total. The summed E-state index contributed by atoms with van der Waals surface area (Å²) in [5.74, 6) is 0. The van der Waals surface area contributed by atoms with Gasteiger partial charge in [0.05, 0.1) is 0 Å². The van der Waals surface area contributed by atoms with E-state index in [4.69, 9.17) is 0 Å². The van der Waals surface area contributed by atoms with Gasteiger partial charge in [-0.1, -0.05) is 0 Å². The first kappa shape index (κ1) is 18.4. The fraction of sp³-hybridized carbons (Fsp3) is 0.238. The third-order valence-corrected chi connectivity index (χ3v) is 10.8. The minimum Gasteiger partial charge on any atom is -1.00 e. The molecule has 0 radical (unpaired) electrons. The zero-order valence-corrected chi connectivity index (χ0v) is 17.3. The molecule has 0 amide bonds. The smallest absolute Gasteiger partial charge is 1.00 e. The second-order valence-corrected chi connectivity index (χ2v) is 12.2. The Bertz CT molecular complexity index is 679. The number of halogens is 1. The second kappa shape index (κ2) is 8.27. The molecule has 2 heteroatoms. The molecule has 0 unspecified atom stereocenters. The van der Waals surface area contributed by atoms with Crippen LogP contribution in [0.4, 0.5) is 0 Å². The Kier molecular flexibility index (Phi) is 6.63. The van der Waals surface area contributed by atoms with E-state index in [0.717, 1.165) is 0 Å². The molecule has 1 aromatic carbocycles. The third-order valence-electron chi connectivity index (χ3n) is 4.39. The van der Waals surface area contributed by atoms with E-state index in [0.29, 0.717) is 0 Å². The van der Waals surface area contributed by atoms with Gasteiger partial charge >= 0.3 is 143 Å². The molecule has 0 spiro atoms. The standard InChI is InChI=1S/C11H13.2C5H5.ClH.Zr/c1-5-11-9(3)6-8(2)7-10(11)4;2*1-2-4-5-3-1;;/h1,5-7H,2-4H3;2*1-3H,4H2;1H;/q;;;;+1/p-1. The number of aryl methyl sites for hydroxylation is 3. The first-order valence-corrected chi connectivity index (χ1v) is 11.9. The van der Waals surface area contributed by atoms with Gasteiger partial charge in [-0.25, -0.2) is 0 Å². The molecule has 0 bridgehead atoms. The van der Waals surface area contributed by atoms with Crippen molar-refractivity contribution in [3.63, 3.8) is 0 Å². The Hall–Kier alpha value is -0.907. The van der Waals surface area contributed by atoms with Gasteiger partial charge in [0.2, 0.25) is 0 Å². The summed E-state index contributed by atoms with van der Waals surface area (Å²) in [5.41, 5.74) is 5.57. The maximum absolute atomic E-state index is 2.59. The van der Waals surface area contributed by atoms with Crippen molar-refractivity contribution in [1.29, 1.82) is 0 Å². The second-order valence-electron chi connectivity index (χ2n) is 6.21. The molecule has 2 aliphatic carbocycles. The maximum Gasteiger partial charge on any atom is -1.00 e. The minimum absolute atomic E-state index is 0. The Balaban J connectivity index is 0.00000192. The molecule has 1 aromatic rings. The fourth-order valence-electron chi connectivity index (χ4n) is 3.34. The van der Waals surface area contributed by atoms with Crippen molar-refractivity contribution in [2.45, 2.75) is 33.6 Å². The summed E-state index contributed by atoms with van der Waals surface area (Å²) in [6.07, 6.45) is 18.6. The zero-order chi connectivity index (χ0) is 15.5. The van der Waals surface area contributed by atoms with Crippen LogP contribution in [0, 0.1) is 20.8 Å². The molecule has 23 heavy (non-hydrogen) atoms. The minimum atomic E-state index is -1.80. The van der Waals surface area contributed by atoms with Gasteiger partial charge in [-0.05, 0) is 0 Å². The van der Waals surface area contributed by atoms with Crippen molar-refractivity contribution < 1.29 is 34.2 Å². The van der Waals surface area contributed by atoms with Gasteiger partial charge in [0.1, 0.15) is 0 Å². The Morgan fingerprint density at radius 3 is 1.83 bits per heavy atom. The van der Waals surface area contributed by atoms with E-state index in [1.807, 2.05) is 0 Å². The monoisotopic (exact) mass is 400 g/mol. The van der Waals surface area contributed by atoms with E-state index >= 15 is 0 Å². The van der Waals surface area contributed by atoms with Gasteiger partial charge in [0.25, 0.3) is 0 Å². The van der Waals surface area contributed by atoms with E-state index in [2.05, 4.69) is 79.2 Å². The van der Waals surface area contributed by atoms with Crippen molar-refractivity contribution in [2.24, 2.45) is 0 Å². The van der Waals surface area contributed by atoms with Crippen LogP contribution in [0.3, 0.4) is 0 Å². The quantitative estimate of drug-likeness (QED) is 0.727. The molecule has 118 valence electrons. The van der Waals surface area contributed by atoms with Crippen molar-refractivity contribution in [1.82, 2.24) is 0 Å². The van der Waals surface area contributed by atoms with Crippen LogP contribution < -0.4 is 12.4 Å². The maximum atomic E-state index is 2.59. The number of allylic oxidation sites excluding steroid dienone is 8. The van der Waals surface area contributed by atoms with Crippen molar-refractivity contribution in [3.05, 3.63) is 81.2 Å². The van der Waals surface area contributed by atoms with Gasteiger partial charge < -0.3 is 12.4 Å². The van der Waals surface area contributed by atoms with E-state index in [1.54, 1.807) is 6.56 Å². The Labute approximate surface area is 154 Å². The first-order valence-electron chi connectivity index (χ1n) is 8.00. The molecular weight excluding hydrogens is 379 g/mol. The van der Waals surface area contributed by atoms with Crippen LogP contribution in [0.25, 0.3) is 6.08 Å². The van der Waals surface area contributed by atoms with Crippen LogP contribution in [-0.2, 0) is 21.8 Å². The predicted octanol–water partition coefficient (Wildman–Crippen LogP) is 2.89. The largest absolute Gasteiger partial charge is 1.00 e. The summed E-state index contributed by atoms with van der Waals surface area (Å²) in [5, 5.41) is 0. The van der Waals surface area contributed by atoms with Crippen molar-refractivity contribution in [3.8, 4) is 0 Å². The third kappa shape index (κ3) is 4.34. The van der Waals surface area contributed by atoms with E-state index in [9.17, 15) is 0 Å². The van der Waals surface area contributed by atoms with Crippen LogP contribution in [0.5, 0.6) is 0 Å². The topological polar surface area (TPSA) is 0 Å². The SMILES string of the molecule is Cc1cc(C)c(/C=[CH]/[Zr+]([C]2=CC=CC2)[C]2=CC=CC2)c(C)c1.[Cl-]. The zero-order valence-electron chi connectivity index (χ0n) is 14.1. The van der Waals surface area contributed by atoms with Gasteiger partial charge in [0.15, 0.2) is 0 Å². The van der Waals surface area contributed by atoms with Crippen LogP contribution in [0.2, 0.25) is 0 Å². The number of hydrogen-bond acceptors (Lipinski definition) is 0. The summed E-state index contributed by atoms with van der Waals surface area (Å²) in [4.78, 5) is 0. The molecule has 0 saturated heterocycles. The van der Waals surface area contributed by atoms with Gasteiger partial charge in [-0.15, -0.1) is 0 Å². The molecule has 3 rings (SSSR count). The predicted molar refractivity (Wildman–Crippen MR) is 93.4 cm³/mol. The molecule has 0 atom stereocenters. The summed E-state index contributed by atoms with van der Waals surface area (Å²) < 4.78 is 6.00. The summed E-state index contributed by atoms with van der Waals surface area (Å²) in [6.45, 7) is 6.64. The number of hydrogen-bond donors (Lipinski definition) is 0. The Morgan fingerprint density at radius 1 is 0.870 bits per heavy atom. The van der Waals surface area contributed by atoms with E-state index in [-0.39, 0.29) is 12.4 Å². The molecule has 0 nitrogen and oxygen atoms in total. The van der Waals surface area contributed by atoms with Crippen LogP contribution >= 0.6 is 0 Å².